The van der Waals surface area contributed by atoms with Crippen molar-refractivity contribution in [3.8, 4) is 0 Å². The lowest BCUT2D eigenvalue weighted by Gasteiger charge is -2.33. The first-order valence-electron chi connectivity index (χ1n) is 6.02. The summed E-state index contributed by atoms with van der Waals surface area (Å²) in [4.78, 5) is 11.3. The summed E-state index contributed by atoms with van der Waals surface area (Å²) in [6.45, 7) is 0. The molecule has 6 bridgehead atoms. The van der Waals surface area contributed by atoms with Crippen LogP contribution >= 0.6 is 0 Å². The summed E-state index contributed by atoms with van der Waals surface area (Å²) in [5, 5.41) is 9.33. The van der Waals surface area contributed by atoms with E-state index in [1.165, 1.54) is 12.8 Å². The number of carbonyl (C=O) groups is 1. The molecule has 2 nitrogen and oxygen atoms in total. The monoisotopic (exact) mass is 190 g/mol. The van der Waals surface area contributed by atoms with Crippen LogP contribution in [-0.4, -0.2) is 11.1 Å². The third-order valence-corrected chi connectivity index (χ3v) is 6.61. The van der Waals surface area contributed by atoms with Gasteiger partial charge in [-0.2, -0.15) is 0 Å². The van der Waals surface area contributed by atoms with Gasteiger partial charge in [0.2, 0.25) is 0 Å². The number of rotatable bonds is 1. The maximum atomic E-state index is 11.3. The quantitative estimate of drug-likeness (QED) is 0.679. The lowest BCUT2D eigenvalue weighted by atomic mass is 9.71. The Morgan fingerprint density at radius 2 is 1.36 bits per heavy atom. The summed E-state index contributed by atoms with van der Waals surface area (Å²) < 4.78 is 0. The van der Waals surface area contributed by atoms with E-state index in [4.69, 9.17) is 0 Å². The second kappa shape index (κ2) is 1.66. The van der Waals surface area contributed by atoms with Crippen LogP contribution in [0.15, 0.2) is 0 Å². The molecule has 0 aliphatic heterocycles. The lowest BCUT2D eigenvalue weighted by molar-refractivity contribution is -0.143. The summed E-state index contributed by atoms with van der Waals surface area (Å²) in [5.74, 6) is 6.22. The van der Waals surface area contributed by atoms with Gasteiger partial charge in [-0.15, -0.1) is 0 Å². The first kappa shape index (κ1) is 6.86. The predicted octanol–water partition coefficient (Wildman–Crippen LogP) is 1.47. The summed E-state index contributed by atoms with van der Waals surface area (Å²) in [6, 6.07) is 0. The Morgan fingerprint density at radius 3 is 1.79 bits per heavy atom. The van der Waals surface area contributed by atoms with E-state index in [1.54, 1.807) is 0 Å². The topological polar surface area (TPSA) is 37.3 Å². The van der Waals surface area contributed by atoms with Crippen LogP contribution < -0.4 is 0 Å². The van der Waals surface area contributed by atoms with Gasteiger partial charge in [-0.05, 0) is 60.2 Å². The van der Waals surface area contributed by atoms with Crippen molar-refractivity contribution < 1.29 is 9.90 Å². The smallest absolute Gasteiger partial charge is 0.307 e. The van der Waals surface area contributed by atoms with E-state index in [9.17, 15) is 9.90 Å². The van der Waals surface area contributed by atoms with Crippen LogP contribution in [0.25, 0.3) is 0 Å². The minimum absolute atomic E-state index is 0.0810. The molecule has 2 heteroatoms. The van der Waals surface area contributed by atoms with E-state index in [0.717, 1.165) is 35.5 Å². The molecule has 0 spiro atoms. The zero-order valence-electron chi connectivity index (χ0n) is 7.97. The van der Waals surface area contributed by atoms with E-state index in [1.807, 2.05) is 0 Å². The molecular formula is C12H14O2. The van der Waals surface area contributed by atoms with Gasteiger partial charge < -0.3 is 5.11 Å². The normalized spacial score (nSPS) is 74.4. The molecule has 0 aromatic carbocycles. The number of carboxylic acids is 1. The minimum atomic E-state index is -0.469. The highest BCUT2D eigenvalue weighted by molar-refractivity contribution is 5.73. The number of hydrogen-bond donors (Lipinski definition) is 1. The SMILES string of the molecule is O=C(O)C1[C@H]2[C@H]3C[C@@H]4[C@@H]5C[C@H]([C@H]1[C@@H]35)[C@@H]42. The van der Waals surface area contributed by atoms with Gasteiger partial charge in [0, 0.05) is 0 Å². The minimum Gasteiger partial charge on any atom is -0.481 e. The highest BCUT2D eigenvalue weighted by atomic mass is 16.4. The second-order valence-electron chi connectivity index (χ2n) is 6.30. The molecule has 0 amide bonds. The van der Waals surface area contributed by atoms with E-state index >= 15 is 0 Å². The summed E-state index contributed by atoms with van der Waals surface area (Å²) in [6.07, 6.45) is 2.81. The van der Waals surface area contributed by atoms with Gasteiger partial charge in [-0.1, -0.05) is 0 Å². The van der Waals surface area contributed by atoms with Crippen LogP contribution in [0.1, 0.15) is 12.8 Å². The molecule has 0 saturated heterocycles. The van der Waals surface area contributed by atoms with Crippen molar-refractivity contribution in [2.45, 2.75) is 12.8 Å². The molecule has 6 rings (SSSR count). The Kier molecular flexibility index (Phi) is 0.812. The Labute approximate surface area is 82.7 Å². The fourth-order valence-electron chi connectivity index (χ4n) is 6.95. The average Bonchev–Trinajstić information content (AvgIpc) is 2.76. The molecule has 6 aliphatic rings. The Bertz CT molecular complexity index is 335. The summed E-state index contributed by atoms with van der Waals surface area (Å²) in [7, 11) is 0. The Morgan fingerprint density at radius 1 is 0.857 bits per heavy atom. The second-order valence-corrected chi connectivity index (χ2v) is 6.30. The number of carboxylic acid groups (broad SMARTS) is 1. The van der Waals surface area contributed by atoms with Crippen LogP contribution in [0.3, 0.4) is 0 Å². The molecule has 6 aliphatic carbocycles. The summed E-state index contributed by atoms with van der Waals surface area (Å²) >= 11 is 0. The standard InChI is InChI=1S/C12H14O2/c13-12(14)11-9-5-1-3-4-2-6(7(3)9)10(11)8(4)5/h3-11H,1-2H2,(H,13,14)/t3-,4+,5-,6-,7+,8+,9-,10-,11?/m0/s1. The van der Waals surface area contributed by atoms with Gasteiger partial charge in [-0.3, -0.25) is 4.79 Å². The Balaban J connectivity index is 1.77. The van der Waals surface area contributed by atoms with E-state index in [2.05, 4.69) is 0 Å². The molecule has 9 atom stereocenters. The molecule has 0 aromatic heterocycles. The van der Waals surface area contributed by atoms with Crippen molar-refractivity contribution in [3.05, 3.63) is 0 Å². The van der Waals surface area contributed by atoms with Crippen LogP contribution in [0, 0.1) is 53.3 Å². The molecule has 1 unspecified atom stereocenters. The first-order chi connectivity index (χ1) is 6.79. The highest BCUT2D eigenvalue weighted by Gasteiger charge is 2.81. The van der Waals surface area contributed by atoms with Crippen LogP contribution in [0.4, 0.5) is 0 Å². The van der Waals surface area contributed by atoms with Crippen LogP contribution in [0.5, 0.6) is 0 Å². The van der Waals surface area contributed by atoms with E-state index in [0.29, 0.717) is 11.8 Å². The molecule has 14 heavy (non-hydrogen) atoms. The Hall–Kier alpha value is -0.530. The third-order valence-electron chi connectivity index (χ3n) is 6.61. The van der Waals surface area contributed by atoms with Gasteiger partial charge >= 0.3 is 5.97 Å². The van der Waals surface area contributed by atoms with E-state index in [-0.39, 0.29) is 5.92 Å². The average molecular weight is 190 g/mol. The molecule has 6 saturated carbocycles. The zero-order chi connectivity index (χ0) is 9.19. The van der Waals surface area contributed by atoms with Crippen molar-refractivity contribution >= 4 is 5.97 Å². The molecule has 0 radical (unpaired) electrons. The van der Waals surface area contributed by atoms with Gasteiger partial charge in [0.25, 0.3) is 0 Å². The van der Waals surface area contributed by atoms with Crippen molar-refractivity contribution in [1.29, 1.82) is 0 Å². The predicted molar refractivity (Wildman–Crippen MR) is 48.3 cm³/mol. The maximum Gasteiger partial charge on any atom is 0.307 e. The molecular weight excluding hydrogens is 176 g/mol. The lowest BCUT2D eigenvalue weighted by Crippen LogP contribution is -2.30. The van der Waals surface area contributed by atoms with E-state index < -0.39 is 5.97 Å². The fourth-order valence-corrected chi connectivity index (χ4v) is 6.95. The van der Waals surface area contributed by atoms with Crippen molar-refractivity contribution in [2.75, 3.05) is 0 Å². The first-order valence-corrected chi connectivity index (χ1v) is 6.02. The maximum absolute atomic E-state index is 11.3. The zero-order valence-corrected chi connectivity index (χ0v) is 7.97. The van der Waals surface area contributed by atoms with Crippen molar-refractivity contribution in [2.24, 2.45) is 53.3 Å². The van der Waals surface area contributed by atoms with Gasteiger partial charge in [0.1, 0.15) is 0 Å². The molecule has 0 heterocycles. The molecule has 74 valence electrons. The summed E-state index contributed by atoms with van der Waals surface area (Å²) in [5.41, 5.74) is 0. The molecule has 6 fully saturated rings. The largest absolute Gasteiger partial charge is 0.481 e. The van der Waals surface area contributed by atoms with Crippen molar-refractivity contribution in [1.82, 2.24) is 0 Å². The third kappa shape index (κ3) is 0.409. The highest BCUT2D eigenvalue weighted by Crippen LogP contribution is 2.84. The van der Waals surface area contributed by atoms with Gasteiger partial charge in [0.15, 0.2) is 0 Å². The van der Waals surface area contributed by atoms with Crippen molar-refractivity contribution in [3.63, 3.8) is 0 Å². The van der Waals surface area contributed by atoms with Crippen LogP contribution in [0.2, 0.25) is 0 Å². The molecule has 1 N–H and O–H groups in total. The number of aliphatic carboxylic acids is 1. The fraction of sp³-hybridized carbons (Fsp3) is 0.917. The number of hydrogen-bond acceptors (Lipinski definition) is 1. The molecule has 0 aromatic rings. The van der Waals surface area contributed by atoms with Gasteiger partial charge in [-0.25, -0.2) is 0 Å². The van der Waals surface area contributed by atoms with Crippen LogP contribution in [-0.2, 0) is 4.79 Å². The van der Waals surface area contributed by atoms with Gasteiger partial charge in [0.05, 0.1) is 5.92 Å².